The van der Waals surface area contributed by atoms with E-state index in [2.05, 4.69) is 31.2 Å². The molecule has 3 N–H and O–H groups in total. The van der Waals surface area contributed by atoms with Crippen LogP contribution in [0.25, 0.3) is 0 Å². The maximum Gasteiger partial charge on any atom is 0.405 e. The molecule has 1 aliphatic rings. The second kappa shape index (κ2) is 9.01. The molecular weight excluding hydrogens is 348 g/mol. The summed E-state index contributed by atoms with van der Waals surface area (Å²) in [4.78, 5) is 36.0. The average Bonchev–Trinajstić information content (AvgIpc) is 2.94. The van der Waals surface area contributed by atoms with Crippen molar-refractivity contribution in [2.45, 2.75) is 77.9 Å². The van der Waals surface area contributed by atoms with Gasteiger partial charge in [-0.2, -0.15) is 5.10 Å². The van der Waals surface area contributed by atoms with E-state index >= 15 is 0 Å². The number of amides is 2. The number of carbonyl (C=O) groups excluding carboxylic acids is 3. The number of hydrogen-bond acceptors (Lipinski definition) is 5. The molecule has 0 aliphatic heterocycles. The molecule has 150 valence electrons. The first-order valence-corrected chi connectivity index (χ1v) is 9.52. The molecule has 0 radical (unpaired) electrons. The fourth-order valence-electron chi connectivity index (χ4n) is 3.03. The maximum atomic E-state index is 12.5. The fraction of sp³-hybridized carbons (Fsp3) is 0.684. The highest BCUT2D eigenvalue weighted by molar-refractivity contribution is 6.42. The van der Waals surface area contributed by atoms with E-state index in [0.717, 1.165) is 32.1 Å². The number of ketones is 1. The lowest BCUT2D eigenvalue weighted by Gasteiger charge is -2.27. The van der Waals surface area contributed by atoms with Crippen molar-refractivity contribution in [1.82, 2.24) is 9.78 Å². The molecule has 1 fully saturated rings. The summed E-state index contributed by atoms with van der Waals surface area (Å²) in [6, 6.07) is 1.90. The number of nitrogens with two attached hydrogens (primary N) is 1. The topological polar surface area (TPSA) is 116 Å². The van der Waals surface area contributed by atoms with E-state index in [-0.39, 0.29) is 17.9 Å². The molecule has 2 amide bonds. The lowest BCUT2D eigenvalue weighted by Crippen LogP contribution is -2.38. The Balaban J connectivity index is 1.93. The Morgan fingerprint density at radius 2 is 2.04 bits per heavy atom. The van der Waals surface area contributed by atoms with Gasteiger partial charge >= 0.3 is 6.09 Å². The summed E-state index contributed by atoms with van der Waals surface area (Å²) in [5.74, 6) is -1.15. The zero-order chi connectivity index (χ0) is 20.0. The number of anilines is 1. The molecule has 8 nitrogen and oxygen atoms in total. The van der Waals surface area contributed by atoms with E-state index in [1.807, 2.05) is 0 Å². The number of hydrogen-bond donors (Lipinski definition) is 2. The van der Waals surface area contributed by atoms with Gasteiger partial charge in [0.15, 0.2) is 6.10 Å². The minimum Gasteiger partial charge on any atom is -0.438 e. The van der Waals surface area contributed by atoms with Gasteiger partial charge in [-0.3, -0.25) is 9.59 Å². The molecule has 1 aromatic rings. The predicted molar refractivity (Wildman–Crippen MR) is 101 cm³/mol. The zero-order valence-corrected chi connectivity index (χ0v) is 16.4. The van der Waals surface area contributed by atoms with Gasteiger partial charge in [0.05, 0.1) is 12.2 Å². The van der Waals surface area contributed by atoms with E-state index in [0.29, 0.717) is 12.2 Å². The van der Waals surface area contributed by atoms with Gasteiger partial charge in [0.1, 0.15) is 5.82 Å². The van der Waals surface area contributed by atoms with Gasteiger partial charge in [0.2, 0.25) is 0 Å². The summed E-state index contributed by atoms with van der Waals surface area (Å²) in [6.07, 6.45) is 5.25. The summed E-state index contributed by atoms with van der Waals surface area (Å²) in [5.41, 5.74) is 5.25. The summed E-state index contributed by atoms with van der Waals surface area (Å²) in [7, 11) is 0. The van der Waals surface area contributed by atoms with Crippen molar-refractivity contribution in [3.63, 3.8) is 0 Å². The van der Waals surface area contributed by atoms with Crippen LogP contribution in [0.4, 0.5) is 10.6 Å². The highest BCUT2D eigenvalue weighted by atomic mass is 16.6. The second-order valence-corrected chi connectivity index (χ2v) is 8.30. The van der Waals surface area contributed by atoms with Crippen molar-refractivity contribution in [2.24, 2.45) is 11.1 Å². The molecule has 8 heteroatoms. The summed E-state index contributed by atoms with van der Waals surface area (Å²) in [5, 5.41) is 6.80. The van der Waals surface area contributed by atoms with Gasteiger partial charge in [-0.25, -0.2) is 9.48 Å². The molecule has 0 unspecified atom stereocenters. The Hall–Kier alpha value is -2.38. The van der Waals surface area contributed by atoms with E-state index in [4.69, 9.17) is 10.5 Å². The van der Waals surface area contributed by atoms with E-state index in [1.165, 1.54) is 0 Å². The Kier molecular flexibility index (Phi) is 6.98. The quantitative estimate of drug-likeness (QED) is 0.505. The van der Waals surface area contributed by atoms with Crippen LogP contribution in [0.1, 0.15) is 71.8 Å². The third-order valence-corrected chi connectivity index (χ3v) is 4.75. The van der Waals surface area contributed by atoms with Crippen LogP contribution in [0.2, 0.25) is 0 Å². The molecule has 1 atom stereocenters. The van der Waals surface area contributed by atoms with Gasteiger partial charge in [-0.15, -0.1) is 0 Å². The fourth-order valence-corrected chi connectivity index (χ4v) is 3.03. The molecule has 1 saturated carbocycles. The number of aromatic nitrogens is 2. The van der Waals surface area contributed by atoms with Crippen LogP contribution >= 0.6 is 0 Å². The number of unbranched alkanes of at least 4 members (excludes halogenated alkanes) is 1. The monoisotopic (exact) mass is 378 g/mol. The van der Waals surface area contributed by atoms with Crippen molar-refractivity contribution in [3.05, 3.63) is 12.3 Å². The van der Waals surface area contributed by atoms with Crippen LogP contribution in [0.3, 0.4) is 0 Å². The van der Waals surface area contributed by atoms with Crippen LogP contribution < -0.4 is 11.1 Å². The van der Waals surface area contributed by atoms with E-state index in [9.17, 15) is 14.4 Å². The van der Waals surface area contributed by atoms with E-state index in [1.54, 1.807) is 16.9 Å². The Morgan fingerprint density at radius 3 is 2.59 bits per heavy atom. The van der Waals surface area contributed by atoms with Crippen LogP contribution in [0.5, 0.6) is 0 Å². The Bertz CT molecular complexity index is 673. The number of ether oxygens (including phenoxy) is 1. The minimum absolute atomic E-state index is 0.182. The third kappa shape index (κ3) is 6.37. The van der Waals surface area contributed by atoms with Crippen LogP contribution in [-0.4, -0.2) is 33.7 Å². The zero-order valence-electron chi connectivity index (χ0n) is 16.4. The molecule has 0 saturated heterocycles. The number of primary amides is 1. The molecule has 0 aromatic carbocycles. The van der Waals surface area contributed by atoms with Crippen molar-refractivity contribution in [1.29, 1.82) is 0 Å². The van der Waals surface area contributed by atoms with E-state index < -0.39 is 23.9 Å². The van der Waals surface area contributed by atoms with Gasteiger partial charge in [-0.05, 0) is 43.9 Å². The average molecular weight is 378 g/mol. The van der Waals surface area contributed by atoms with Gasteiger partial charge in [0.25, 0.3) is 11.7 Å². The molecule has 0 spiro atoms. The maximum absolute atomic E-state index is 12.5. The third-order valence-electron chi connectivity index (χ3n) is 4.75. The van der Waals surface area contributed by atoms with Crippen LogP contribution in [0, 0.1) is 5.41 Å². The van der Waals surface area contributed by atoms with Crippen LogP contribution in [0.15, 0.2) is 12.3 Å². The lowest BCUT2D eigenvalue weighted by atomic mass is 9.89. The molecule has 1 aliphatic carbocycles. The largest absolute Gasteiger partial charge is 0.438 e. The standard InChI is InChI=1S/C19H30N4O4/c1-19(2,3)11-5-4-9-14(27-18(20)26)16(24)17(25)22-15-10-12-21-23(15)13-7-6-8-13/h10,12-14H,4-9,11H2,1-3H3,(H2,20,26)(H,22,25)/t14-/m0/s1. The summed E-state index contributed by atoms with van der Waals surface area (Å²) < 4.78 is 6.62. The lowest BCUT2D eigenvalue weighted by molar-refractivity contribution is -0.140. The first-order valence-electron chi connectivity index (χ1n) is 9.52. The number of carbonyl (C=O) groups is 3. The SMILES string of the molecule is CC(C)(C)CCCC[C@H](OC(N)=O)C(=O)C(=O)Nc1ccnn1C1CCC1. The smallest absolute Gasteiger partial charge is 0.405 e. The number of rotatable bonds is 9. The highest BCUT2D eigenvalue weighted by Crippen LogP contribution is 2.33. The Labute approximate surface area is 159 Å². The van der Waals surface area contributed by atoms with Crippen molar-refractivity contribution in [3.8, 4) is 0 Å². The molecule has 1 heterocycles. The van der Waals surface area contributed by atoms with Crippen LogP contribution in [-0.2, 0) is 14.3 Å². The summed E-state index contributed by atoms with van der Waals surface area (Å²) >= 11 is 0. The highest BCUT2D eigenvalue weighted by Gasteiger charge is 2.30. The number of nitrogens with zero attached hydrogens (tertiary/aromatic N) is 2. The number of nitrogens with one attached hydrogen (secondary N) is 1. The minimum atomic E-state index is -1.16. The molecule has 27 heavy (non-hydrogen) atoms. The molecule has 2 rings (SSSR count). The second-order valence-electron chi connectivity index (χ2n) is 8.30. The predicted octanol–water partition coefficient (Wildman–Crippen LogP) is 3.19. The number of Topliss-reactive ketones (excluding diaryl/α,β-unsaturated/α-hetero) is 1. The molecule has 0 bridgehead atoms. The summed E-state index contributed by atoms with van der Waals surface area (Å²) in [6.45, 7) is 6.40. The Morgan fingerprint density at radius 1 is 1.33 bits per heavy atom. The normalized spacial score (nSPS) is 15.7. The molecule has 1 aromatic heterocycles. The first kappa shape index (κ1) is 20.9. The van der Waals surface area contributed by atoms with Gasteiger partial charge in [0, 0.05) is 6.07 Å². The van der Waals surface area contributed by atoms with Crippen molar-refractivity contribution in [2.75, 3.05) is 5.32 Å². The first-order chi connectivity index (χ1) is 12.7. The van der Waals surface area contributed by atoms with Crippen molar-refractivity contribution < 1.29 is 19.1 Å². The van der Waals surface area contributed by atoms with Gasteiger partial charge in [-0.1, -0.05) is 27.2 Å². The van der Waals surface area contributed by atoms with Gasteiger partial charge < -0.3 is 15.8 Å². The molecular formula is C19H30N4O4. The van der Waals surface area contributed by atoms with Crippen molar-refractivity contribution >= 4 is 23.6 Å².